The van der Waals surface area contributed by atoms with Crippen molar-refractivity contribution in [3.05, 3.63) is 63.2 Å². The molecule has 25 heavy (non-hydrogen) atoms. The second-order valence-electron chi connectivity index (χ2n) is 5.54. The number of benzene rings is 2. The lowest BCUT2D eigenvalue weighted by molar-refractivity contribution is -0.385. The van der Waals surface area contributed by atoms with E-state index in [1.54, 1.807) is 29.2 Å². The number of rotatable bonds is 4. The third-order valence-corrected chi connectivity index (χ3v) is 4.26. The molecule has 2 aromatic rings. The summed E-state index contributed by atoms with van der Waals surface area (Å²) in [5, 5.41) is 13.9. The molecule has 0 atom stereocenters. The van der Waals surface area contributed by atoms with Gasteiger partial charge in [-0.3, -0.25) is 19.7 Å². The van der Waals surface area contributed by atoms with Crippen molar-refractivity contribution >= 4 is 40.5 Å². The van der Waals surface area contributed by atoms with Gasteiger partial charge in [0.25, 0.3) is 11.6 Å². The predicted molar refractivity (Wildman–Crippen MR) is 94.1 cm³/mol. The van der Waals surface area contributed by atoms with Crippen LogP contribution in [0.2, 0.25) is 5.02 Å². The van der Waals surface area contributed by atoms with Crippen LogP contribution in [0.1, 0.15) is 23.2 Å². The highest BCUT2D eigenvalue weighted by atomic mass is 35.5. The summed E-state index contributed by atoms with van der Waals surface area (Å²) in [6, 6.07) is 10.5. The van der Waals surface area contributed by atoms with Crippen LogP contribution in [0.4, 0.5) is 17.1 Å². The van der Waals surface area contributed by atoms with E-state index in [1.165, 1.54) is 18.2 Å². The second-order valence-corrected chi connectivity index (χ2v) is 5.95. The predicted octanol–water partition coefficient (Wildman–Crippen LogP) is 3.63. The van der Waals surface area contributed by atoms with E-state index in [4.69, 9.17) is 11.6 Å². The van der Waals surface area contributed by atoms with Gasteiger partial charge in [0.15, 0.2) is 0 Å². The minimum atomic E-state index is -0.640. The maximum Gasteiger partial charge on any atom is 0.282 e. The molecule has 128 valence electrons. The quantitative estimate of drug-likeness (QED) is 0.666. The molecular formula is C17H14ClN3O4. The van der Waals surface area contributed by atoms with Gasteiger partial charge in [-0.15, -0.1) is 0 Å². The van der Waals surface area contributed by atoms with Crippen LogP contribution in [-0.4, -0.2) is 23.3 Å². The van der Waals surface area contributed by atoms with Gasteiger partial charge in [0.2, 0.25) is 5.91 Å². The van der Waals surface area contributed by atoms with E-state index in [0.717, 1.165) is 6.42 Å². The largest absolute Gasteiger partial charge is 0.320 e. The first-order chi connectivity index (χ1) is 12.0. The van der Waals surface area contributed by atoms with Gasteiger partial charge in [-0.25, -0.2) is 0 Å². The Morgan fingerprint density at radius 3 is 2.68 bits per heavy atom. The van der Waals surface area contributed by atoms with Gasteiger partial charge >= 0.3 is 0 Å². The number of para-hydroxylation sites is 1. The highest BCUT2D eigenvalue weighted by Gasteiger charge is 2.23. The summed E-state index contributed by atoms with van der Waals surface area (Å²) < 4.78 is 0. The van der Waals surface area contributed by atoms with Crippen LogP contribution in [0.15, 0.2) is 42.5 Å². The normalized spacial score (nSPS) is 13.8. The molecule has 1 heterocycles. The molecule has 1 fully saturated rings. The molecule has 0 saturated carbocycles. The van der Waals surface area contributed by atoms with Crippen LogP contribution in [-0.2, 0) is 4.79 Å². The number of amides is 2. The first-order valence-corrected chi connectivity index (χ1v) is 8.00. The number of hydrogen-bond acceptors (Lipinski definition) is 4. The van der Waals surface area contributed by atoms with Crippen molar-refractivity contribution in [2.24, 2.45) is 0 Å². The van der Waals surface area contributed by atoms with Crippen LogP contribution < -0.4 is 10.2 Å². The Morgan fingerprint density at radius 2 is 2.00 bits per heavy atom. The summed E-state index contributed by atoms with van der Waals surface area (Å²) >= 11 is 6.12. The van der Waals surface area contributed by atoms with E-state index >= 15 is 0 Å². The Balaban J connectivity index is 1.89. The van der Waals surface area contributed by atoms with Gasteiger partial charge in [0.05, 0.1) is 15.6 Å². The van der Waals surface area contributed by atoms with E-state index < -0.39 is 10.8 Å². The minimum Gasteiger partial charge on any atom is -0.320 e. The summed E-state index contributed by atoms with van der Waals surface area (Å²) in [5.41, 5.74) is 0.569. The number of hydrogen-bond donors (Lipinski definition) is 1. The zero-order chi connectivity index (χ0) is 18.0. The van der Waals surface area contributed by atoms with E-state index in [0.29, 0.717) is 24.3 Å². The fourth-order valence-corrected chi connectivity index (χ4v) is 2.88. The number of nitro groups is 1. The maximum atomic E-state index is 12.4. The first kappa shape index (κ1) is 16.9. The number of nitrogens with one attached hydrogen (secondary N) is 1. The number of carbonyl (C=O) groups excluding carboxylic acids is 2. The lowest BCUT2D eigenvalue weighted by Gasteiger charge is -2.17. The fourth-order valence-electron chi connectivity index (χ4n) is 2.71. The molecule has 3 rings (SSSR count). The average molecular weight is 360 g/mol. The summed E-state index contributed by atoms with van der Waals surface area (Å²) in [6.07, 6.45) is 1.26. The minimum absolute atomic E-state index is 0.0123. The number of anilines is 2. The van der Waals surface area contributed by atoms with Gasteiger partial charge in [0, 0.05) is 24.7 Å². The topological polar surface area (TPSA) is 92.6 Å². The Hall–Kier alpha value is -2.93. The van der Waals surface area contributed by atoms with Crippen molar-refractivity contribution in [1.82, 2.24) is 0 Å². The highest BCUT2D eigenvalue weighted by molar-refractivity contribution is 6.34. The van der Waals surface area contributed by atoms with Crippen molar-refractivity contribution < 1.29 is 14.5 Å². The molecule has 0 spiro atoms. The van der Waals surface area contributed by atoms with Crippen molar-refractivity contribution in [3.63, 3.8) is 0 Å². The van der Waals surface area contributed by atoms with Gasteiger partial charge in [-0.2, -0.15) is 0 Å². The van der Waals surface area contributed by atoms with Gasteiger partial charge in [-0.1, -0.05) is 23.7 Å². The SMILES string of the molecule is O=C(Nc1cc(N2CCCC2=O)ccc1Cl)c1ccccc1[N+](=O)[O-]. The van der Waals surface area contributed by atoms with Crippen molar-refractivity contribution in [1.29, 1.82) is 0 Å². The lowest BCUT2D eigenvalue weighted by Crippen LogP contribution is -2.24. The van der Waals surface area contributed by atoms with Crippen LogP contribution in [0.25, 0.3) is 0 Å². The van der Waals surface area contributed by atoms with E-state index in [-0.39, 0.29) is 22.2 Å². The Bertz CT molecular complexity index is 869. The molecule has 1 saturated heterocycles. The lowest BCUT2D eigenvalue weighted by atomic mass is 10.1. The first-order valence-electron chi connectivity index (χ1n) is 7.62. The smallest absolute Gasteiger partial charge is 0.282 e. The van der Waals surface area contributed by atoms with Gasteiger partial charge < -0.3 is 10.2 Å². The summed E-state index contributed by atoms with van der Waals surface area (Å²) in [4.78, 5) is 36.4. The molecule has 1 aliphatic rings. The summed E-state index contributed by atoms with van der Waals surface area (Å²) in [7, 11) is 0. The molecule has 2 amide bonds. The molecule has 0 unspecified atom stereocenters. The van der Waals surface area contributed by atoms with E-state index in [2.05, 4.69) is 5.32 Å². The molecule has 0 aromatic heterocycles. The summed E-state index contributed by atoms with van der Waals surface area (Å²) in [6.45, 7) is 0.609. The van der Waals surface area contributed by atoms with Crippen LogP contribution in [0.3, 0.4) is 0 Å². The number of nitro benzene ring substituents is 1. The number of halogens is 1. The molecule has 1 aliphatic heterocycles. The molecule has 2 aromatic carbocycles. The molecule has 0 radical (unpaired) electrons. The highest BCUT2D eigenvalue weighted by Crippen LogP contribution is 2.30. The van der Waals surface area contributed by atoms with E-state index in [9.17, 15) is 19.7 Å². The Morgan fingerprint density at radius 1 is 1.24 bits per heavy atom. The van der Waals surface area contributed by atoms with Crippen molar-refractivity contribution in [2.45, 2.75) is 12.8 Å². The zero-order valence-electron chi connectivity index (χ0n) is 13.1. The number of nitrogens with zero attached hydrogens (tertiary/aromatic N) is 2. The van der Waals surface area contributed by atoms with Crippen LogP contribution in [0.5, 0.6) is 0 Å². The maximum absolute atomic E-state index is 12.4. The van der Waals surface area contributed by atoms with Gasteiger partial charge in [0.1, 0.15) is 5.56 Å². The number of carbonyl (C=O) groups is 2. The van der Waals surface area contributed by atoms with Crippen LogP contribution in [0, 0.1) is 10.1 Å². The standard InChI is InChI=1S/C17H14ClN3O4/c18-13-8-7-11(20-9-3-6-16(20)22)10-14(13)19-17(23)12-4-1-2-5-15(12)21(24)25/h1-2,4-5,7-8,10H,3,6,9H2,(H,19,23). The molecule has 7 nitrogen and oxygen atoms in total. The molecule has 8 heteroatoms. The van der Waals surface area contributed by atoms with Gasteiger partial charge in [-0.05, 0) is 30.7 Å². The Labute approximate surface area is 148 Å². The second kappa shape index (κ2) is 6.90. The van der Waals surface area contributed by atoms with Crippen molar-refractivity contribution in [3.8, 4) is 0 Å². The van der Waals surface area contributed by atoms with Crippen LogP contribution >= 0.6 is 11.6 Å². The Kier molecular flexibility index (Phi) is 4.67. The zero-order valence-corrected chi connectivity index (χ0v) is 13.8. The summed E-state index contributed by atoms with van der Waals surface area (Å²) in [5.74, 6) is -0.627. The average Bonchev–Trinajstić information content (AvgIpc) is 3.02. The van der Waals surface area contributed by atoms with E-state index in [1.807, 2.05) is 0 Å². The van der Waals surface area contributed by atoms with Crippen molar-refractivity contribution in [2.75, 3.05) is 16.8 Å². The fraction of sp³-hybridized carbons (Fsp3) is 0.176. The molecule has 0 bridgehead atoms. The monoisotopic (exact) mass is 359 g/mol. The third kappa shape index (κ3) is 3.46. The molecule has 0 aliphatic carbocycles. The molecular weight excluding hydrogens is 346 g/mol. The molecule has 1 N–H and O–H groups in total. The third-order valence-electron chi connectivity index (χ3n) is 3.93.